The zero-order valence-corrected chi connectivity index (χ0v) is 11.6. The lowest BCUT2D eigenvalue weighted by Gasteiger charge is -2.18. The van der Waals surface area contributed by atoms with Gasteiger partial charge >= 0.3 is 0 Å². The van der Waals surface area contributed by atoms with Crippen molar-refractivity contribution in [2.75, 3.05) is 11.4 Å². The molecule has 18 heavy (non-hydrogen) atoms. The van der Waals surface area contributed by atoms with Crippen molar-refractivity contribution in [1.29, 1.82) is 0 Å². The van der Waals surface area contributed by atoms with Crippen molar-refractivity contribution in [2.24, 2.45) is 0 Å². The zero-order valence-electron chi connectivity index (χ0n) is 9.99. The maximum atomic E-state index is 12.3. The summed E-state index contributed by atoms with van der Waals surface area (Å²) in [6.45, 7) is 1.87. The predicted molar refractivity (Wildman–Crippen MR) is 72.8 cm³/mol. The molecule has 0 bridgehead atoms. The average Bonchev–Trinajstić information content (AvgIpc) is 2.76. The molecule has 0 saturated heterocycles. The number of phenolic OH excluding ortho intramolecular Hbond substituents is 1. The summed E-state index contributed by atoms with van der Waals surface area (Å²) in [5, 5.41) is 9.20. The first-order valence-corrected chi connectivity index (χ1v) is 7.51. The molecule has 0 atom stereocenters. The van der Waals surface area contributed by atoms with Crippen molar-refractivity contribution in [1.82, 2.24) is 0 Å². The first kappa shape index (κ1) is 12.9. The fourth-order valence-electron chi connectivity index (χ4n) is 1.49. The van der Waals surface area contributed by atoms with Crippen molar-refractivity contribution >= 4 is 27.0 Å². The van der Waals surface area contributed by atoms with Crippen LogP contribution >= 0.6 is 11.3 Å². The van der Waals surface area contributed by atoms with Crippen molar-refractivity contribution < 1.29 is 13.5 Å². The molecule has 1 heterocycles. The van der Waals surface area contributed by atoms with E-state index >= 15 is 0 Å². The average molecular weight is 283 g/mol. The summed E-state index contributed by atoms with van der Waals surface area (Å²) in [5.74, 6) is 0.108. The van der Waals surface area contributed by atoms with Gasteiger partial charge in [0, 0.05) is 11.9 Å². The SMILES string of the molecule is Cc1ccc(S(=O)(=O)N(C)c2ccc(O)cc2)s1. The molecule has 0 radical (unpaired) electrons. The highest BCUT2D eigenvalue weighted by Gasteiger charge is 2.22. The second-order valence-corrected chi connectivity index (χ2v) is 7.34. The number of sulfonamides is 1. The Kier molecular flexibility index (Phi) is 3.32. The van der Waals surface area contributed by atoms with Crippen LogP contribution in [-0.4, -0.2) is 20.6 Å². The second-order valence-electron chi connectivity index (χ2n) is 3.85. The molecule has 0 aliphatic heterocycles. The molecule has 1 N–H and O–H groups in total. The molecule has 4 nitrogen and oxygen atoms in total. The maximum Gasteiger partial charge on any atom is 0.273 e. The molecule has 6 heteroatoms. The van der Waals surface area contributed by atoms with Crippen LogP contribution in [0.25, 0.3) is 0 Å². The molecule has 0 unspecified atom stereocenters. The monoisotopic (exact) mass is 283 g/mol. The van der Waals surface area contributed by atoms with E-state index in [2.05, 4.69) is 0 Å². The normalized spacial score (nSPS) is 11.4. The predicted octanol–water partition coefficient (Wildman–Crippen LogP) is 2.59. The number of phenols is 1. The summed E-state index contributed by atoms with van der Waals surface area (Å²) >= 11 is 1.24. The van der Waals surface area contributed by atoms with E-state index in [1.165, 1.54) is 34.8 Å². The van der Waals surface area contributed by atoms with Crippen LogP contribution in [0, 0.1) is 6.92 Å². The van der Waals surface area contributed by atoms with E-state index in [0.717, 1.165) is 4.88 Å². The largest absolute Gasteiger partial charge is 0.508 e. The molecule has 2 aromatic rings. The van der Waals surface area contributed by atoms with Gasteiger partial charge in [-0.25, -0.2) is 8.42 Å². The Morgan fingerprint density at radius 3 is 2.22 bits per heavy atom. The van der Waals surface area contributed by atoms with Crippen LogP contribution in [0.5, 0.6) is 5.75 Å². The van der Waals surface area contributed by atoms with Gasteiger partial charge in [-0.3, -0.25) is 4.31 Å². The number of aryl methyl sites for hydroxylation is 1. The highest BCUT2D eigenvalue weighted by molar-refractivity contribution is 7.94. The van der Waals surface area contributed by atoms with E-state index in [1.54, 1.807) is 24.3 Å². The van der Waals surface area contributed by atoms with Crippen LogP contribution in [0.4, 0.5) is 5.69 Å². The Bertz CT molecular complexity index is 644. The van der Waals surface area contributed by atoms with Gasteiger partial charge in [0.2, 0.25) is 0 Å². The molecule has 0 aliphatic carbocycles. The first-order chi connectivity index (χ1) is 8.41. The number of nitrogens with zero attached hydrogens (tertiary/aromatic N) is 1. The molecule has 0 spiro atoms. The van der Waals surface area contributed by atoms with Crippen LogP contribution in [-0.2, 0) is 10.0 Å². The van der Waals surface area contributed by atoms with Gasteiger partial charge in [0.1, 0.15) is 9.96 Å². The number of hydrogen-bond donors (Lipinski definition) is 1. The third kappa shape index (κ3) is 2.34. The summed E-state index contributed by atoms with van der Waals surface area (Å²) in [5.41, 5.74) is 0.513. The molecule has 96 valence electrons. The Morgan fingerprint density at radius 1 is 1.11 bits per heavy atom. The van der Waals surface area contributed by atoms with Gasteiger partial charge in [0.05, 0.1) is 5.69 Å². The van der Waals surface area contributed by atoms with Gasteiger partial charge in [0.25, 0.3) is 10.0 Å². The summed E-state index contributed by atoms with van der Waals surface area (Å²) in [4.78, 5) is 0.952. The lowest BCUT2D eigenvalue weighted by atomic mass is 10.3. The minimum absolute atomic E-state index is 0.108. The maximum absolute atomic E-state index is 12.3. The second kappa shape index (κ2) is 4.62. The topological polar surface area (TPSA) is 57.6 Å². The number of anilines is 1. The van der Waals surface area contributed by atoms with Crippen molar-refractivity contribution in [2.45, 2.75) is 11.1 Å². The summed E-state index contributed by atoms with van der Waals surface area (Å²) in [7, 11) is -2.02. The van der Waals surface area contributed by atoms with E-state index in [9.17, 15) is 13.5 Å². The Labute approximate surface area is 110 Å². The van der Waals surface area contributed by atoms with E-state index in [1.807, 2.05) is 6.92 Å². The van der Waals surface area contributed by atoms with E-state index in [0.29, 0.717) is 9.90 Å². The Hall–Kier alpha value is -1.53. The molecule has 0 saturated carbocycles. The van der Waals surface area contributed by atoms with Crippen molar-refractivity contribution in [3.63, 3.8) is 0 Å². The summed E-state index contributed by atoms with van der Waals surface area (Å²) in [6.07, 6.45) is 0. The molecule has 1 aromatic carbocycles. The number of thiophene rings is 1. The minimum atomic E-state index is -3.51. The third-order valence-electron chi connectivity index (χ3n) is 2.54. The van der Waals surface area contributed by atoms with Gasteiger partial charge in [-0.15, -0.1) is 11.3 Å². The molecule has 2 rings (SSSR count). The smallest absolute Gasteiger partial charge is 0.273 e. The highest BCUT2D eigenvalue weighted by Crippen LogP contribution is 2.27. The molecular formula is C12H13NO3S2. The first-order valence-electron chi connectivity index (χ1n) is 5.25. The van der Waals surface area contributed by atoms with E-state index in [-0.39, 0.29) is 5.75 Å². The van der Waals surface area contributed by atoms with Crippen LogP contribution in [0.1, 0.15) is 4.88 Å². The number of benzene rings is 1. The molecule has 0 aliphatic rings. The van der Waals surface area contributed by atoms with Crippen LogP contribution in [0.3, 0.4) is 0 Å². The van der Waals surface area contributed by atoms with Gasteiger partial charge in [0.15, 0.2) is 0 Å². The number of hydrogen-bond acceptors (Lipinski definition) is 4. The van der Waals surface area contributed by atoms with E-state index in [4.69, 9.17) is 0 Å². The van der Waals surface area contributed by atoms with Gasteiger partial charge in [-0.2, -0.15) is 0 Å². The lowest BCUT2D eigenvalue weighted by molar-refractivity contribution is 0.475. The van der Waals surface area contributed by atoms with Crippen molar-refractivity contribution in [3.05, 3.63) is 41.3 Å². The van der Waals surface area contributed by atoms with Crippen LogP contribution < -0.4 is 4.31 Å². The minimum Gasteiger partial charge on any atom is -0.508 e. The van der Waals surface area contributed by atoms with Gasteiger partial charge < -0.3 is 5.11 Å². The highest BCUT2D eigenvalue weighted by atomic mass is 32.2. The van der Waals surface area contributed by atoms with E-state index < -0.39 is 10.0 Å². The zero-order chi connectivity index (χ0) is 13.3. The summed E-state index contributed by atoms with van der Waals surface area (Å²) in [6, 6.07) is 9.43. The van der Waals surface area contributed by atoms with Crippen molar-refractivity contribution in [3.8, 4) is 5.75 Å². The third-order valence-corrected chi connectivity index (χ3v) is 5.80. The standard InChI is InChI=1S/C12H13NO3S2/c1-9-3-8-12(17-9)18(15,16)13(2)10-4-6-11(14)7-5-10/h3-8,14H,1-2H3. The fraction of sp³-hybridized carbons (Fsp3) is 0.167. The Balaban J connectivity index is 2.39. The Morgan fingerprint density at radius 2 is 1.72 bits per heavy atom. The molecular weight excluding hydrogens is 270 g/mol. The number of aromatic hydroxyl groups is 1. The number of rotatable bonds is 3. The van der Waals surface area contributed by atoms with Crippen LogP contribution in [0.15, 0.2) is 40.6 Å². The molecule has 0 amide bonds. The fourth-order valence-corrected chi connectivity index (χ4v) is 4.14. The van der Waals surface area contributed by atoms with Crippen LogP contribution in [0.2, 0.25) is 0 Å². The van der Waals surface area contributed by atoms with Gasteiger partial charge in [-0.1, -0.05) is 0 Å². The lowest BCUT2D eigenvalue weighted by Crippen LogP contribution is -2.25. The molecule has 1 aromatic heterocycles. The molecule has 0 fully saturated rings. The summed E-state index contributed by atoms with van der Waals surface area (Å²) < 4.78 is 26.1. The van der Waals surface area contributed by atoms with Gasteiger partial charge in [-0.05, 0) is 43.3 Å². The quantitative estimate of drug-likeness (QED) is 0.942.